The lowest BCUT2D eigenvalue weighted by atomic mass is 9.77. The first-order valence-corrected chi connectivity index (χ1v) is 17.4. The van der Waals surface area contributed by atoms with E-state index in [-0.39, 0.29) is 29.6 Å². The summed E-state index contributed by atoms with van der Waals surface area (Å²) < 4.78 is 5.73. The van der Waals surface area contributed by atoms with Crippen molar-refractivity contribution >= 4 is 51.9 Å². The molecule has 2 unspecified atom stereocenters. The van der Waals surface area contributed by atoms with Gasteiger partial charge in [-0.05, 0) is 34.5 Å². The molecule has 2 aliphatic rings. The molecule has 4 aromatic rings. The molecule has 244 valence electrons. The van der Waals surface area contributed by atoms with Crippen molar-refractivity contribution in [3.05, 3.63) is 139 Å². The zero-order chi connectivity index (χ0) is 34.1. The second-order valence-electron chi connectivity index (χ2n) is 11.6. The van der Waals surface area contributed by atoms with Gasteiger partial charge in [-0.3, -0.25) is 19.3 Å². The Hall–Kier alpha value is -5.08. The molecule has 0 bridgehead atoms. The van der Waals surface area contributed by atoms with E-state index in [0.717, 1.165) is 20.8 Å². The molecule has 0 aromatic heterocycles. The lowest BCUT2D eigenvalue weighted by Crippen LogP contribution is -2.82. The van der Waals surface area contributed by atoms with Gasteiger partial charge < -0.3 is 19.8 Å². The summed E-state index contributed by atoms with van der Waals surface area (Å²) in [5.41, 5.74) is -2.03. The van der Waals surface area contributed by atoms with Crippen LogP contribution in [0.25, 0.3) is 0 Å². The molecular formula is C38H35N2O7P. The minimum atomic E-state index is -3.28. The van der Waals surface area contributed by atoms with Gasteiger partial charge in [0, 0.05) is 6.89 Å². The van der Waals surface area contributed by atoms with Crippen LogP contribution in [-0.4, -0.2) is 80.0 Å². The Kier molecular flexibility index (Phi) is 9.03. The van der Waals surface area contributed by atoms with Crippen LogP contribution >= 0.6 is 6.89 Å². The van der Waals surface area contributed by atoms with Crippen LogP contribution in [0, 0.1) is 0 Å². The fourth-order valence-electron chi connectivity index (χ4n) is 6.70. The first-order chi connectivity index (χ1) is 23.2. The summed E-state index contributed by atoms with van der Waals surface area (Å²) in [6.07, 6.45) is -1.86. The molecule has 0 spiro atoms. The van der Waals surface area contributed by atoms with Crippen molar-refractivity contribution in [3.63, 3.8) is 0 Å². The Labute approximate surface area is 278 Å². The Balaban J connectivity index is 1.67. The van der Waals surface area contributed by atoms with Crippen molar-refractivity contribution in [2.24, 2.45) is 0 Å². The van der Waals surface area contributed by atoms with Crippen LogP contribution in [-0.2, 0) is 14.3 Å². The lowest BCUT2D eigenvalue weighted by molar-refractivity contribution is -0.172. The molecule has 2 aliphatic heterocycles. The number of nitrogens with zero attached hydrogens (tertiary/aromatic N) is 2. The van der Waals surface area contributed by atoms with Crippen molar-refractivity contribution in [2.45, 2.75) is 31.1 Å². The van der Waals surface area contributed by atoms with Crippen LogP contribution in [0.2, 0.25) is 0 Å². The number of fused-ring (bicyclic) bond motifs is 1. The van der Waals surface area contributed by atoms with Gasteiger partial charge in [0.25, 0.3) is 17.7 Å². The topological polar surface area (TPSA) is 124 Å². The number of benzene rings is 4. The molecule has 9 nitrogen and oxygen atoms in total. The number of hydrogen-bond acceptors (Lipinski definition) is 7. The SMILES string of the molecule is C=CCOC(=O)C(N1C[C@@](C(O)C(O)CC)(N2C(=O)c3ccccc3C2=O)C1=O)=P(c1ccccc1)(c1ccccc1)c1ccccc1. The van der Waals surface area contributed by atoms with E-state index in [1.165, 1.54) is 23.1 Å². The van der Waals surface area contributed by atoms with Crippen LogP contribution in [0.3, 0.4) is 0 Å². The number of β-lactam (4-membered cyclic amide) rings is 1. The van der Waals surface area contributed by atoms with Crippen molar-refractivity contribution in [3.8, 4) is 0 Å². The molecule has 48 heavy (non-hydrogen) atoms. The highest BCUT2D eigenvalue weighted by Crippen LogP contribution is 2.50. The van der Waals surface area contributed by atoms with E-state index >= 15 is 4.79 Å². The molecule has 2 N–H and O–H groups in total. The van der Waals surface area contributed by atoms with Crippen LogP contribution < -0.4 is 15.9 Å². The van der Waals surface area contributed by atoms with Crippen LogP contribution in [0.1, 0.15) is 34.1 Å². The average Bonchev–Trinajstić information content (AvgIpc) is 3.39. The summed E-state index contributed by atoms with van der Waals surface area (Å²) in [5.74, 6) is -3.21. The number of rotatable bonds is 11. The van der Waals surface area contributed by atoms with E-state index in [1.807, 2.05) is 91.0 Å². The highest BCUT2D eigenvalue weighted by atomic mass is 31.2. The monoisotopic (exact) mass is 662 g/mol. The molecule has 0 aliphatic carbocycles. The number of amides is 3. The fourth-order valence-corrected chi connectivity index (χ4v) is 11.1. The smallest absolute Gasteiger partial charge is 0.356 e. The number of aliphatic hydroxyl groups excluding tert-OH is 2. The predicted molar refractivity (Wildman–Crippen MR) is 185 cm³/mol. The Morgan fingerprint density at radius 2 is 1.25 bits per heavy atom. The normalized spacial score (nSPS) is 18.5. The molecule has 0 radical (unpaired) electrons. The molecule has 10 heteroatoms. The number of ether oxygens (including phenoxy) is 1. The van der Waals surface area contributed by atoms with Crippen LogP contribution in [0.4, 0.5) is 0 Å². The predicted octanol–water partition coefficient (Wildman–Crippen LogP) is 2.85. The molecule has 1 fully saturated rings. The maximum Gasteiger partial charge on any atom is 0.356 e. The van der Waals surface area contributed by atoms with Gasteiger partial charge in [-0.2, -0.15) is 0 Å². The largest absolute Gasteiger partial charge is 0.457 e. The van der Waals surface area contributed by atoms with Gasteiger partial charge >= 0.3 is 5.97 Å². The Morgan fingerprint density at radius 3 is 1.65 bits per heavy atom. The van der Waals surface area contributed by atoms with Crippen molar-refractivity contribution in [1.29, 1.82) is 0 Å². The Bertz CT molecular complexity index is 1810. The molecule has 1 saturated heterocycles. The second kappa shape index (κ2) is 13.2. The summed E-state index contributed by atoms with van der Waals surface area (Å²) in [4.78, 5) is 59.2. The molecule has 2 heterocycles. The van der Waals surface area contributed by atoms with Crippen molar-refractivity contribution < 1.29 is 34.1 Å². The zero-order valence-electron chi connectivity index (χ0n) is 26.3. The van der Waals surface area contributed by atoms with E-state index < -0.39 is 54.9 Å². The maximum atomic E-state index is 15.0. The summed E-state index contributed by atoms with van der Waals surface area (Å²) in [5, 5.41) is 24.9. The number of carbonyl (C=O) groups excluding carboxylic acids is 4. The Morgan fingerprint density at radius 1 is 0.812 bits per heavy atom. The molecule has 6 rings (SSSR count). The molecular weight excluding hydrogens is 627 g/mol. The van der Waals surface area contributed by atoms with E-state index in [2.05, 4.69) is 6.58 Å². The maximum absolute atomic E-state index is 15.0. The van der Waals surface area contributed by atoms with Crippen molar-refractivity contribution in [1.82, 2.24) is 9.80 Å². The number of esters is 1. The molecule has 4 aromatic carbocycles. The van der Waals surface area contributed by atoms with E-state index in [4.69, 9.17) is 4.74 Å². The number of likely N-dealkylation sites (tertiary alicyclic amines) is 1. The van der Waals surface area contributed by atoms with E-state index in [1.54, 1.807) is 19.1 Å². The van der Waals surface area contributed by atoms with Crippen LogP contribution in [0.15, 0.2) is 128 Å². The first kappa shape index (κ1) is 32.8. The molecule has 3 atom stereocenters. The molecule has 3 amide bonds. The van der Waals surface area contributed by atoms with E-state index in [0.29, 0.717) is 0 Å². The minimum absolute atomic E-state index is 0.00312. The summed E-state index contributed by atoms with van der Waals surface area (Å²) in [6.45, 7) is 1.42. The highest BCUT2D eigenvalue weighted by molar-refractivity contribution is 7.96. The number of imide groups is 1. The highest BCUT2D eigenvalue weighted by Gasteiger charge is 2.68. The van der Waals surface area contributed by atoms with Gasteiger partial charge in [-0.1, -0.05) is 123 Å². The minimum Gasteiger partial charge on any atom is -0.457 e. The number of hydrogen-bond donors (Lipinski definition) is 2. The van der Waals surface area contributed by atoms with Gasteiger partial charge in [0.15, 0.2) is 5.54 Å². The van der Waals surface area contributed by atoms with Crippen LogP contribution in [0.5, 0.6) is 0 Å². The van der Waals surface area contributed by atoms with Crippen molar-refractivity contribution in [2.75, 3.05) is 13.2 Å². The third-order valence-electron chi connectivity index (χ3n) is 9.00. The van der Waals surface area contributed by atoms with Gasteiger partial charge in [0.2, 0.25) is 0 Å². The third-order valence-corrected chi connectivity index (χ3v) is 13.3. The number of aliphatic hydroxyl groups is 2. The summed E-state index contributed by atoms with van der Waals surface area (Å²) in [6, 6.07) is 34.2. The lowest BCUT2D eigenvalue weighted by Gasteiger charge is -2.55. The first-order valence-electron chi connectivity index (χ1n) is 15.6. The van der Waals surface area contributed by atoms with Gasteiger partial charge in [0.1, 0.15) is 18.1 Å². The summed E-state index contributed by atoms with van der Waals surface area (Å²) >= 11 is 0. The average molecular weight is 663 g/mol. The number of carbonyl (C=O) groups is 4. The molecule has 0 saturated carbocycles. The standard InChI is InChI=1S/C38H35N2O7P/c1-3-24-47-36(45)35(48(26-16-8-5-9-17-26,27-18-10-6-11-19-27)28-20-12-7-13-21-28)39-25-38(37(39)46,32(42)31(41)4-2)40-33(43)29-22-14-15-23-30(29)34(40)44/h3,5-23,31-32,41-42H,1,4,24-25H2,2H3/t31?,32?,38-/m0/s1. The van der Waals surface area contributed by atoms with E-state index in [9.17, 15) is 24.6 Å². The fraction of sp³-hybridized carbons (Fsp3) is 0.184. The second-order valence-corrected chi connectivity index (χ2v) is 14.9. The summed E-state index contributed by atoms with van der Waals surface area (Å²) in [7, 11) is 0. The quantitative estimate of drug-likeness (QED) is 0.0833. The third kappa shape index (κ3) is 4.94. The zero-order valence-corrected chi connectivity index (χ0v) is 27.2. The van der Waals surface area contributed by atoms with Gasteiger partial charge in [0.05, 0.1) is 23.8 Å². The van der Waals surface area contributed by atoms with Gasteiger partial charge in [-0.15, -0.1) is 0 Å². The van der Waals surface area contributed by atoms with Gasteiger partial charge in [-0.25, -0.2) is 4.79 Å².